The number of likely N-dealkylation sites (N-methyl/N-ethyl adjacent to an activating group) is 1. The highest BCUT2D eigenvalue weighted by molar-refractivity contribution is 5.79. The van der Waals surface area contributed by atoms with E-state index in [4.69, 9.17) is 9.26 Å². The fourth-order valence-electron chi connectivity index (χ4n) is 3.31. The van der Waals surface area contributed by atoms with E-state index in [1.165, 1.54) is 0 Å². The second-order valence-corrected chi connectivity index (χ2v) is 6.75. The number of ether oxygens (including phenoxy) is 1. The fourth-order valence-corrected chi connectivity index (χ4v) is 3.31. The maximum Gasteiger partial charge on any atom is 0.191 e. The SMILES string of the molecule is CCc1noc(CC)c1CNC(=NC)NCC1(N(C)C)CCOCC1. The standard InChI is InChI=1S/C18H33N5O2/c1-6-15-14(16(7-2)25-22-15)12-20-17(19-3)21-13-18(23(4)5)8-10-24-11-9-18/h6-13H2,1-5H3,(H2,19,20,21). The summed E-state index contributed by atoms with van der Waals surface area (Å²) in [6, 6.07) is 0. The van der Waals surface area contributed by atoms with E-state index in [-0.39, 0.29) is 5.54 Å². The van der Waals surface area contributed by atoms with Gasteiger partial charge in [-0.2, -0.15) is 0 Å². The zero-order valence-corrected chi connectivity index (χ0v) is 16.3. The van der Waals surface area contributed by atoms with E-state index >= 15 is 0 Å². The number of rotatable bonds is 7. The van der Waals surface area contributed by atoms with Gasteiger partial charge >= 0.3 is 0 Å². The molecule has 1 saturated heterocycles. The van der Waals surface area contributed by atoms with E-state index in [0.29, 0.717) is 6.54 Å². The summed E-state index contributed by atoms with van der Waals surface area (Å²) in [6.07, 6.45) is 3.77. The average Bonchev–Trinajstić information content (AvgIpc) is 3.04. The Hall–Kier alpha value is -1.60. The Morgan fingerprint density at radius 2 is 1.92 bits per heavy atom. The maximum atomic E-state index is 5.54. The van der Waals surface area contributed by atoms with Gasteiger partial charge in [-0.05, 0) is 33.4 Å². The predicted molar refractivity (Wildman–Crippen MR) is 99.9 cm³/mol. The second kappa shape index (κ2) is 9.20. The van der Waals surface area contributed by atoms with Crippen molar-refractivity contribution in [1.82, 2.24) is 20.7 Å². The highest BCUT2D eigenvalue weighted by atomic mass is 16.5. The molecule has 0 bridgehead atoms. The van der Waals surface area contributed by atoms with Crippen LogP contribution in [0.4, 0.5) is 0 Å². The smallest absolute Gasteiger partial charge is 0.191 e. The molecule has 7 nitrogen and oxygen atoms in total. The summed E-state index contributed by atoms with van der Waals surface area (Å²) in [4.78, 5) is 6.67. The molecule has 1 aliphatic rings. The molecule has 0 atom stereocenters. The number of guanidine groups is 1. The summed E-state index contributed by atoms with van der Waals surface area (Å²) >= 11 is 0. The van der Waals surface area contributed by atoms with Gasteiger partial charge in [-0.15, -0.1) is 0 Å². The minimum absolute atomic E-state index is 0.107. The van der Waals surface area contributed by atoms with Crippen LogP contribution in [0.15, 0.2) is 9.52 Å². The van der Waals surface area contributed by atoms with Gasteiger partial charge in [-0.25, -0.2) is 0 Å². The van der Waals surface area contributed by atoms with Gasteiger partial charge < -0.3 is 24.8 Å². The van der Waals surface area contributed by atoms with Crippen molar-refractivity contribution >= 4 is 5.96 Å². The molecule has 25 heavy (non-hydrogen) atoms. The van der Waals surface area contributed by atoms with Crippen molar-refractivity contribution in [2.75, 3.05) is 40.9 Å². The number of aliphatic imine (C=N–C) groups is 1. The molecule has 0 aromatic carbocycles. The maximum absolute atomic E-state index is 5.54. The Labute approximate surface area is 151 Å². The van der Waals surface area contributed by atoms with Crippen molar-refractivity contribution in [3.8, 4) is 0 Å². The lowest BCUT2D eigenvalue weighted by atomic mass is 9.88. The summed E-state index contributed by atoms with van der Waals surface area (Å²) in [5.41, 5.74) is 2.28. The van der Waals surface area contributed by atoms with Crippen LogP contribution in [0.2, 0.25) is 0 Å². The third-order valence-electron chi connectivity index (χ3n) is 5.22. The van der Waals surface area contributed by atoms with E-state index in [1.807, 2.05) is 0 Å². The molecule has 0 aliphatic carbocycles. The van der Waals surface area contributed by atoms with Gasteiger partial charge in [0.25, 0.3) is 0 Å². The predicted octanol–water partition coefficient (Wildman–Crippen LogP) is 1.58. The molecular formula is C18H33N5O2. The van der Waals surface area contributed by atoms with Crippen molar-refractivity contribution in [2.24, 2.45) is 4.99 Å². The number of hydrogen-bond acceptors (Lipinski definition) is 5. The third-order valence-corrected chi connectivity index (χ3v) is 5.22. The molecule has 7 heteroatoms. The van der Waals surface area contributed by atoms with Crippen LogP contribution in [0.5, 0.6) is 0 Å². The number of nitrogens with one attached hydrogen (secondary N) is 2. The van der Waals surface area contributed by atoms with E-state index in [0.717, 1.165) is 68.4 Å². The van der Waals surface area contributed by atoms with Crippen LogP contribution >= 0.6 is 0 Å². The first-order valence-corrected chi connectivity index (χ1v) is 9.22. The van der Waals surface area contributed by atoms with Gasteiger partial charge in [0.05, 0.1) is 5.69 Å². The lowest BCUT2D eigenvalue weighted by molar-refractivity contribution is -0.00501. The van der Waals surface area contributed by atoms with E-state index in [1.54, 1.807) is 7.05 Å². The quantitative estimate of drug-likeness (QED) is 0.574. The van der Waals surface area contributed by atoms with E-state index in [2.05, 4.69) is 53.6 Å². The molecule has 1 aromatic heterocycles. The normalized spacial score (nSPS) is 17.8. The molecular weight excluding hydrogens is 318 g/mol. The molecule has 1 fully saturated rings. The van der Waals surface area contributed by atoms with Gasteiger partial charge in [0.1, 0.15) is 5.76 Å². The molecule has 142 valence electrons. The average molecular weight is 351 g/mol. The van der Waals surface area contributed by atoms with Crippen molar-refractivity contribution in [1.29, 1.82) is 0 Å². The number of aryl methyl sites for hydroxylation is 2. The molecule has 0 spiro atoms. The molecule has 1 aromatic rings. The van der Waals surface area contributed by atoms with Gasteiger partial charge in [0, 0.05) is 50.9 Å². The number of nitrogens with zero attached hydrogens (tertiary/aromatic N) is 3. The minimum Gasteiger partial charge on any atom is -0.381 e. The fraction of sp³-hybridized carbons (Fsp3) is 0.778. The van der Waals surface area contributed by atoms with Gasteiger partial charge in [0.2, 0.25) is 0 Å². The van der Waals surface area contributed by atoms with Crippen molar-refractivity contribution < 1.29 is 9.26 Å². The highest BCUT2D eigenvalue weighted by Crippen LogP contribution is 2.25. The summed E-state index contributed by atoms with van der Waals surface area (Å²) in [5.74, 6) is 1.76. The molecule has 2 N–H and O–H groups in total. The Kier molecular flexibility index (Phi) is 7.25. The first-order valence-electron chi connectivity index (χ1n) is 9.22. The van der Waals surface area contributed by atoms with Crippen LogP contribution in [-0.4, -0.2) is 62.5 Å². The summed E-state index contributed by atoms with van der Waals surface area (Å²) in [7, 11) is 6.08. The monoisotopic (exact) mass is 351 g/mol. The number of aromatic nitrogens is 1. The van der Waals surface area contributed by atoms with Crippen LogP contribution in [0.25, 0.3) is 0 Å². The molecule has 2 rings (SSSR count). The second-order valence-electron chi connectivity index (χ2n) is 6.75. The molecule has 0 unspecified atom stereocenters. The van der Waals surface area contributed by atoms with Crippen LogP contribution in [0.3, 0.4) is 0 Å². The largest absolute Gasteiger partial charge is 0.381 e. The Morgan fingerprint density at radius 3 is 2.48 bits per heavy atom. The van der Waals surface area contributed by atoms with Crippen LogP contribution < -0.4 is 10.6 Å². The lowest BCUT2D eigenvalue weighted by Crippen LogP contribution is -2.57. The molecule has 0 amide bonds. The zero-order valence-electron chi connectivity index (χ0n) is 16.3. The first-order chi connectivity index (χ1) is 12.1. The minimum atomic E-state index is 0.107. The number of hydrogen-bond donors (Lipinski definition) is 2. The molecule has 1 aliphatic heterocycles. The Bertz CT molecular complexity index is 540. The lowest BCUT2D eigenvalue weighted by Gasteiger charge is -2.43. The summed E-state index contributed by atoms with van der Waals surface area (Å²) in [5, 5.41) is 11.1. The Balaban J connectivity index is 1.96. The van der Waals surface area contributed by atoms with Crippen molar-refractivity contribution in [3.05, 3.63) is 17.0 Å². The van der Waals surface area contributed by atoms with E-state index < -0.39 is 0 Å². The van der Waals surface area contributed by atoms with Gasteiger partial charge in [-0.1, -0.05) is 19.0 Å². The van der Waals surface area contributed by atoms with Crippen molar-refractivity contribution in [2.45, 2.75) is 51.6 Å². The third kappa shape index (κ3) is 4.73. The molecule has 2 heterocycles. The van der Waals surface area contributed by atoms with Crippen molar-refractivity contribution in [3.63, 3.8) is 0 Å². The van der Waals surface area contributed by atoms with Crippen LogP contribution in [0.1, 0.15) is 43.7 Å². The zero-order chi connectivity index (χ0) is 18.3. The summed E-state index contributed by atoms with van der Waals surface area (Å²) < 4.78 is 11.0. The van der Waals surface area contributed by atoms with E-state index in [9.17, 15) is 0 Å². The summed E-state index contributed by atoms with van der Waals surface area (Å²) in [6.45, 7) is 7.32. The molecule has 0 radical (unpaired) electrons. The topological polar surface area (TPSA) is 74.9 Å². The van der Waals surface area contributed by atoms with Crippen LogP contribution in [-0.2, 0) is 24.1 Å². The Morgan fingerprint density at radius 1 is 1.20 bits per heavy atom. The van der Waals surface area contributed by atoms with Gasteiger partial charge in [0.15, 0.2) is 5.96 Å². The molecule has 0 saturated carbocycles. The van der Waals surface area contributed by atoms with Gasteiger partial charge in [-0.3, -0.25) is 4.99 Å². The highest BCUT2D eigenvalue weighted by Gasteiger charge is 2.34. The first kappa shape index (κ1) is 19.7. The van der Waals surface area contributed by atoms with Crippen LogP contribution in [0, 0.1) is 0 Å².